The Bertz CT molecular complexity index is 1060. The summed E-state index contributed by atoms with van der Waals surface area (Å²) in [7, 11) is -3.87. The van der Waals surface area contributed by atoms with Crippen LogP contribution in [0.4, 0.5) is 4.79 Å². The van der Waals surface area contributed by atoms with Crippen LogP contribution in [-0.2, 0) is 19.4 Å². The van der Waals surface area contributed by atoms with Gasteiger partial charge < -0.3 is 14.8 Å². The van der Waals surface area contributed by atoms with Gasteiger partial charge >= 0.3 is 6.09 Å². The molecule has 3 N–H and O–H groups in total. The van der Waals surface area contributed by atoms with Crippen LogP contribution in [0.2, 0.25) is 0 Å². The molecule has 0 heterocycles. The highest BCUT2D eigenvalue weighted by Gasteiger charge is 2.41. The Kier molecular flexibility index (Phi) is 8.10. The van der Waals surface area contributed by atoms with Crippen LogP contribution in [0, 0.1) is 5.41 Å². The lowest BCUT2D eigenvalue weighted by atomic mass is 9.86. The predicted octanol–water partition coefficient (Wildman–Crippen LogP) is 3.68. The number of ether oxygens (including phenoxy) is 2. The van der Waals surface area contributed by atoms with E-state index >= 15 is 0 Å². The standard InChI is InChI=1S/C23H30N2O7S/c1-22(2,3)32-21(27)24-19(20(26)25-28)23(4,5)15-33(29,30)18-13-11-17(12-14-18)31-16-9-7-6-8-10-16/h6-14,19,28H,15H2,1-5H3,(H,24,27)(H,25,26)/t19-/m1/s1. The van der Waals surface area contributed by atoms with E-state index in [1.165, 1.54) is 43.6 Å². The summed E-state index contributed by atoms with van der Waals surface area (Å²) >= 11 is 0. The molecule has 0 aromatic heterocycles. The molecule has 0 aliphatic heterocycles. The van der Waals surface area contributed by atoms with Crippen LogP contribution in [-0.4, -0.2) is 43.0 Å². The first-order valence-electron chi connectivity index (χ1n) is 10.2. The van der Waals surface area contributed by atoms with Gasteiger partial charge in [0.1, 0.15) is 23.1 Å². The molecule has 10 heteroatoms. The molecule has 0 aliphatic carbocycles. The average molecular weight is 479 g/mol. The summed E-state index contributed by atoms with van der Waals surface area (Å²) in [5, 5.41) is 11.5. The molecule has 1 atom stereocenters. The Morgan fingerprint density at radius 1 is 0.939 bits per heavy atom. The van der Waals surface area contributed by atoms with E-state index in [2.05, 4.69) is 5.32 Å². The number of carbonyl (C=O) groups is 2. The maximum atomic E-state index is 13.1. The lowest BCUT2D eigenvalue weighted by Crippen LogP contribution is -2.56. The molecule has 0 saturated heterocycles. The summed E-state index contributed by atoms with van der Waals surface area (Å²) in [4.78, 5) is 24.5. The van der Waals surface area contributed by atoms with Gasteiger partial charge in [0, 0.05) is 5.41 Å². The van der Waals surface area contributed by atoms with Gasteiger partial charge in [0.25, 0.3) is 5.91 Å². The average Bonchev–Trinajstić information content (AvgIpc) is 2.70. The van der Waals surface area contributed by atoms with Crippen LogP contribution in [0.15, 0.2) is 59.5 Å². The van der Waals surface area contributed by atoms with Crippen molar-refractivity contribution in [2.24, 2.45) is 5.41 Å². The van der Waals surface area contributed by atoms with Crippen LogP contribution in [0.25, 0.3) is 0 Å². The summed E-state index contributed by atoms with van der Waals surface area (Å²) in [5.41, 5.74) is -0.658. The van der Waals surface area contributed by atoms with Crippen molar-refractivity contribution in [2.45, 2.75) is 51.2 Å². The summed E-state index contributed by atoms with van der Waals surface area (Å²) in [6.45, 7) is 7.93. The molecular formula is C23H30N2O7S. The van der Waals surface area contributed by atoms with Crippen LogP contribution in [0.5, 0.6) is 11.5 Å². The maximum Gasteiger partial charge on any atom is 0.408 e. The van der Waals surface area contributed by atoms with Gasteiger partial charge in [0.2, 0.25) is 0 Å². The molecule has 2 amide bonds. The zero-order valence-electron chi connectivity index (χ0n) is 19.3. The Balaban J connectivity index is 2.19. The fraction of sp³-hybridized carbons (Fsp3) is 0.391. The topological polar surface area (TPSA) is 131 Å². The molecule has 0 saturated carbocycles. The highest BCUT2D eigenvalue weighted by atomic mass is 32.2. The van der Waals surface area contributed by atoms with E-state index in [4.69, 9.17) is 14.7 Å². The van der Waals surface area contributed by atoms with Gasteiger partial charge in [-0.25, -0.2) is 18.7 Å². The number of alkyl carbamates (subject to hydrolysis) is 1. The summed E-state index contributed by atoms with van der Waals surface area (Å²) < 4.78 is 37.0. The molecule has 33 heavy (non-hydrogen) atoms. The van der Waals surface area contributed by atoms with Crippen molar-refractivity contribution in [1.82, 2.24) is 10.8 Å². The van der Waals surface area contributed by atoms with E-state index in [0.717, 1.165) is 0 Å². The minimum absolute atomic E-state index is 0.0245. The van der Waals surface area contributed by atoms with Crippen LogP contribution in [0.1, 0.15) is 34.6 Å². The second kappa shape index (κ2) is 10.2. The fourth-order valence-corrected chi connectivity index (χ4v) is 4.97. The first-order chi connectivity index (χ1) is 15.2. The number of hydrogen-bond acceptors (Lipinski definition) is 7. The van der Waals surface area contributed by atoms with E-state index in [0.29, 0.717) is 11.5 Å². The molecule has 2 rings (SSSR count). The highest BCUT2D eigenvalue weighted by molar-refractivity contribution is 7.91. The number of carbonyl (C=O) groups excluding carboxylic acids is 2. The van der Waals surface area contributed by atoms with E-state index in [9.17, 15) is 18.0 Å². The second-order valence-corrected chi connectivity index (χ2v) is 11.2. The third-order valence-electron chi connectivity index (χ3n) is 4.54. The molecule has 9 nitrogen and oxygen atoms in total. The van der Waals surface area contributed by atoms with Crippen molar-refractivity contribution >= 4 is 21.8 Å². The molecule has 180 valence electrons. The number of amides is 2. The van der Waals surface area contributed by atoms with Gasteiger partial charge in [-0.2, -0.15) is 0 Å². The SMILES string of the molecule is CC(C)(C)OC(=O)N[C@H](C(=O)NO)C(C)(C)CS(=O)(=O)c1ccc(Oc2ccccc2)cc1. The maximum absolute atomic E-state index is 13.1. The van der Waals surface area contributed by atoms with Crippen molar-refractivity contribution < 1.29 is 32.7 Å². The number of nitrogens with one attached hydrogen (secondary N) is 2. The number of sulfone groups is 1. The third-order valence-corrected chi connectivity index (χ3v) is 6.65. The molecular weight excluding hydrogens is 448 g/mol. The minimum Gasteiger partial charge on any atom is -0.457 e. The quantitative estimate of drug-likeness (QED) is 0.390. The van der Waals surface area contributed by atoms with E-state index in [1.54, 1.807) is 32.9 Å². The monoisotopic (exact) mass is 478 g/mol. The van der Waals surface area contributed by atoms with E-state index < -0.39 is 44.6 Å². The molecule has 0 spiro atoms. The van der Waals surface area contributed by atoms with Gasteiger partial charge in [-0.1, -0.05) is 32.0 Å². The lowest BCUT2D eigenvalue weighted by Gasteiger charge is -2.33. The Morgan fingerprint density at radius 3 is 2.00 bits per heavy atom. The van der Waals surface area contributed by atoms with E-state index in [-0.39, 0.29) is 4.90 Å². The van der Waals surface area contributed by atoms with Gasteiger partial charge in [0.15, 0.2) is 9.84 Å². The first kappa shape index (κ1) is 26.1. The van der Waals surface area contributed by atoms with E-state index in [1.807, 2.05) is 18.2 Å². The third kappa shape index (κ3) is 7.76. The number of para-hydroxylation sites is 1. The van der Waals surface area contributed by atoms with Gasteiger partial charge in [-0.15, -0.1) is 0 Å². The zero-order valence-corrected chi connectivity index (χ0v) is 20.1. The van der Waals surface area contributed by atoms with Crippen molar-refractivity contribution in [1.29, 1.82) is 0 Å². The van der Waals surface area contributed by atoms with Gasteiger partial charge in [-0.05, 0) is 57.2 Å². The summed E-state index contributed by atoms with van der Waals surface area (Å²) in [5.74, 6) is -0.385. The normalized spacial score (nSPS) is 13.0. The van der Waals surface area contributed by atoms with Crippen LogP contribution < -0.4 is 15.5 Å². The fourth-order valence-electron chi connectivity index (χ4n) is 3.10. The van der Waals surface area contributed by atoms with Crippen molar-refractivity contribution in [2.75, 3.05) is 5.75 Å². The van der Waals surface area contributed by atoms with Crippen LogP contribution >= 0.6 is 0 Å². The molecule has 0 bridgehead atoms. The van der Waals surface area contributed by atoms with Gasteiger partial charge in [0.05, 0.1) is 10.6 Å². The highest BCUT2D eigenvalue weighted by Crippen LogP contribution is 2.29. The molecule has 2 aromatic rings. The van der Waals surface area contributed by atoms with Crippen molar-refractivity contribution in [3.8, 4) is 11.5 Å². The number of hydroxylamine groups is 1. The van der Waals surface area contributed by atoms with Crippen LogP contribution in [0.3, 0.4) is 0 Å². The zero-order chi connectivity index (χ0) is 24.9. The van der Waals surface area contributed by atoms with Gasteiger partial charge in [-0.3, -0.25) is 10.0 Å². The van der Waals surface area contributed by atoms with Crippen molar-refractivity contribution in [3.63, 3.8) is 0 Å². The Morgan fingerprint density at radius 2 is 1.48 bits per heavy atom. The lowest BCUT2D eigenvalue weighted by molar-refractivity contribution is -0.133. The largest absolute Gasteiger partial charge is 0.457 e. The molecule has 0 radical (unpaired) electrons. The Labute approximate surface area is 194 Å². The number of hydrogen-bond donors (Lipinski definition) is 3. The number of benzene rings is 2. The van der Waals surface area contributed by atoms with Crippen molar-refractivity contribution in [3.05, 3.63) is 54.6 Å². The Hall–Kier alpha value is -3.11. The minimum atomic E-state index is -3.87. The number of rotatable bonds is 8. The molecule has 0 aliphatic rings. The summed E-state index contributed by atoms with van der Waals surface area (Å²) in [6, 6.07) is 13.5. The summed E-state index contributed by atoms with van der Waals surface area (Å²) in [6.07, 6.45) is -0.913. The molecule has 0 fully saturated rings. The smallest absolute Gasteiger partial charge is 0.408 e. The predicted molar refractivity (Wildman–Crippen MR) is 122 cm³/mol. The first-order valence-corrected chi connectivity index (χ1v) is 11.9. The molecule has 2 aromatic carbocycles. The molecule has 0 unspecified atom stereocenters. The second-order valence-electron chi connectivity index (χ2n) is 9.19.